The fourth-order valence-electron chi connectivity index (χ4n) is 4.73. The molecule has 3 heterocycles. The molecule has 1 aromatic heterocycles. The lowest BCUT2D eigenvalue weighted by molar-refractivity contribution is -0.159. The topological polar surface area (TPSA) is 77.4 Å². The van der Waals surface area contributed by atoms with Crippen LogP contribution in [0.25, 0.3) is 5.57 Å². The largest absolute Gasteiger partial charge is 0.471 e. The molecule has 1 saturated heterocycles. The van der Waals surface area contributed by atoms with Crippen LogP contribution in [0.2, 0.25) is 0 Å². The molecule has 0 radical (unpaired) electrons. The summed E-state index contributed by atoms with van der Waals surface area (Å²) >= 11 is 0. The second-order valence-corrected chi connectivity index (χ2v) is 8.35. The Kier molecular flexibility index (Phi) is 5.38. The first-order chi connectivity index (χ1) is 15.4. The van der Waals surface area contributed by atoms with E-state index in [9.17, 15) is 13.2 Å². The molecule has 1 aromatic carbocycles. The summed E-state index contributed by atoms with van der Waals surface area (Å²) < 4.78 is 48.5. The number of halogens is 3. The number of aromatic nitrogens is 2. The number of rotatable bonds is 4. The van der Waals surface area contributed by atoms with Crippen LogP contribution in [0.5, 0.6) is 0 Å². The molecule has 32 heavy (non-hydrogen) atoms. The van der Waals surface area contributed by atoms with E-state index in [0.29, 0.717) is 5.57 Å². The molecule has 2 unspecified atom stereocenters. The number of alkyl halides is 3. The highest BCUT2D eigenvalue weighted by molar-refractivity contribution is 5.72. The third-order valence-corrected chi connectivity index (χ3v) is 6.19. The van der Waals surface area contributed by atoms with Crippen molar-refractivity contribution in [2.24, 2.45) is 5.73 Å². The van der Waals surface area contributed by atoms with Gasteiger partial charge in [0.1, 0.15) is 12.0 Å². The second-order valence-electron chi connectivity index (χ2n) is 8.35. The van der Waals surface area contributed by atoms with Crippen LogP contribution >= 0.6 is 0 Å². The third-order valence-electron chi connectivity index (χ3n) is 6.19. The average Bonchev–Trinajstić information content (AvgIpc) is 3.42. The maximum atomic E-state index is 12.8. The van der Waals surface area contributed by atoms with Gasteiger partial charge >= 0.3 is 12.1 Å². The number of likely N-dealkylation sites (tertiary alicyclic amines) is 1. The van der Waals surface area contributed by atoms with Crippen molar-refractivity contribution in [2.75, 3.05) is 13.1 Å². The number of hydrogen-bond donors (Lipinski definition) is 1. The lowest BCUT2D eigenvalue weighted by Gasteiger charge is -2.40. The molecule has 0 bridgehead atoms. The predicted molar refractivity (Wildman–Crippen MR) is 111 cm³/mol. The molecule has 6 nitrogen and oxygen atoms in total. The maximum absolute atomic E-state index is 12.8. The van der Waals surface area contributed by atoms with E-state index < -0.39 is 12.1 Å². The summed E-state index contributed by atoms with van der Waals surface area (Å²) in [7, 11) is 0. The monoisotopic (exact) mass is 444 g/mol. The van der Waals surface area contributed by atoms with Gasteiger partial charge in [-0.05, 0) is 55.0 Å². The summed E-state index contributed by atoms with van der Waals surface area (Å²) in [6.07, 6.45) is 2.11. The smallest absolute Gasteiger partial charge is 0.464 e. The first-order valence-electron chi connectivity index (χ1n) is 10.7. The standard InChI is InChI=1S/C23H23F3N4O2/c24-23(25,26)22-28-21(29-32-22)17-11-15-8-9-16(20(15)31-13-17)12-30-10-4-7-18(27)19(30)14-5-2-1-3-6-14/h1-3,5-6,11,13,18-19H,4,7-10,12,27H2. The molecule has 1 fully saturated rings. The molecule has 3 aliphatic rings. The summed E-state index contributed by atoms with van der Waals surface area (Å²) in [6, 6.07) is 10.5. The first-order valence-corrected chi connectivity index (χ1v) is 10.7. The summed E-state index contributed by atoms with van der Waals surface area (Å²) in [5, 5.41) is 3.45. The second kappa shape index (κ2) is 8.22. The molecule has 2 N–H and O–H groups in total. The minimum Gasteiger partial charge on any atom is -0.464 e. The Balaban J connectivity index is 1.36. The molecular formula is C23H23F3N4O2. The summed E-state index contributed by atoms with van der Waals surface area (Å²) in [5.41, 5.74) is 10.2. The van der Waals surface area contributed by atoms with Gasteiger partial charge in [-0.1, -0.05) is 35.5 Å². The van der Waals surface area contributed by atoms with Gasteiger partial charge in [-0.25, -0.2) is 0 Å². The van der Waals surface area contributed by atoms with Crippen molar-refractivity contribution in [2.45, 2.75) is 43.9 Å². The molecule has 168 valence electrons. The Labute approximate surface area is 183 Å². The number of hydrogen-bond acceptors (Lipinski definition) is 6. The predicted octanol–water partition coefficient (Wildman–Crippen LogP) is 4.60. The normalized spacial score (nSPS) is 24.1. The van der Waals surface area contributed by atoms with Gasteiger partial charge in [0.05, 0.1) is 11.6 Å². The molecule has 0 amide bonds. The zero-order chi connectivity index (χ0) is 22.3. The van der Waals surface area contributed by atoms with Gasteiger partial charge in [-0.3, -0.25) is 4.90 Å². The number of allylic oxidation sites excluding steroid dienone is 3. The Morgan fingerprint density at radius 2 is 1.97 bits per heavy atom. The summed E-state index contributed by atoms with van der Waals surface area (Å²) in [5.74, 6) is -0.712. The van der Waals surface area contributed by atoms with Crippen molar-refractivity contribution >= 4 is 5.57 Å². The fraction of sp³-hybridized carbons (Fsp3) is 0.391. The minimum atomic E-state index is -4.68. The lowest BCUT2D eigenvalue weighted by atomic mass is 9.90. The number of piperidine rings is 1. The van der Waals surface area contributed by atoms with E-state index in [1.807, 2.05) is 18.2 Å². The van der Waals surface area contributed by atoms with Crippen molar-refractivity contribution in [1.82, 2.24) is 15.0 Å². The van der Waals surface area contributed by atoms with E-state index >= 15 is 0 Å². The van der Waals surface area contributed by atoms with E-state index in [1.165, 1.54) is 17.4 Å². The van der Waals surface area contributed by atoms with Gasteiger partial charge in [0.15, 0.2) is 0 Å². The molecule has 2 aliphatic heterocycles. The summed E-state index contributed by atoms with van der Waals surface area (Å²) in [4.78, 5) is 5.86. The molecule has 0 spiro atoms. The van der Waals surface area contributed by atoms with Crippen LogP contribution in [-0.2, 0) is 10.9 Å². The van der Waals surface area contributed by atoms with Crippen LogP contribution in [0.4, 0.5) is 13.2 Å². The van der Waals surface area contributed by atoms with Crippen molar-refractivity contribution < 1.29 is 22.4 Å². The highest BCUT2D eigenvalue weighted by Gasteiger charge is 2.39. The molecule has 9 heteroatoms. The molecular weight excluding hydrogens is 421 g/mol. The Hall–Kier alpha value is -2.91. The van der Waals surface area contributed by atoms with Crippen LogP contribution in [0.15, 0.2) is 64.1 Å². The number of benzene rings is 1. The number of nitrogens with two attached hydrogens (primary N) is 1. The SMILES string of the molecule is NC1CCCN(CC2=C3OC=C(c4noc(C(F)(F)F)n4)C=C3CC2)C1c1ccccc1. The fourth-order valence-corrected chi connectivity index (χ4v) is 4.73. The van der Waals surface area contributed by atoms with Gasteiger partial charge in [0, 0.05) is 12.6 Å². The maximum Gasteiger partial charge on any atom is 0.471 e. The van der Waals surface area contributed by atoms with Gasteiger partial charge in [0.2, 0.25) is 5.82 Å². The van der Waals surface area contributed by atoms with Gasteiger partial charge in [-0.15, -0.1) is 0 Å². The molecule has 1 aliphatic carbocycles. The Morgan fingerprint density at radius 3 is 2.72 bits per heavy atom. The van der Waals surface area contributed by atoms with Gasteiger partial charge < -0.3 is 15.0 Å². The molecule has 5 rings (SSSR count). The van der Waals surface area contributed by atoms with Crippen molar-refractivity contribution in [1.29, 1.82) is 0 Å². The van der Waals surface area contributed by atoms with Gasteiger partial charge in [-0.2, -0.15) is 18.2 Å². The van der Waals surface area contributed by atoms with Crippen LogP contribution < -0.4 is 5.73 Å². The van der Waals surface area contributed by atoms with Crippen LogP contribution in [0.1, 0.15) is 49.0 Å². The van der Waals surface area contributed by atoms with Gasteiger partial charge in [0.25, 0.3) is 0 Å². The van der Waals surface area contributed by atoms with Crippen LogP contribution in [0, 0.1) is 0 Å². The average molecular weight is 444 g/mol. The Morgan fingerprint density at radius 1 is 1.16 bits per heavy atom. The molecule has 2 atom stereocenters. The van der Waals surface area contributed by atoms with Crippen LogP contribution in [-0.4, -0.2) is 34.2 Å². The highest BCUT2D eigenvalue weighted by Crippen LogP contribution is 2.40. The van der Waals surface area contributed by atoms with E-state index in [0.717, 1.165) is 50.1 Å². The minimum absolute atomic E-state index is 0.0630. The zero-order valence-corrected chi connectivity index (χ0v) is 17.3. The first kappa shape index (κ1) is 21.0. The van der Waals surface area contributed by atoms with E-state index in [2.05, 4.69) is 31.7 Å². The van der Waals surface area contributed by atoms with Crippen molar-refractivity contribution in [3.63, 3.8) is 0 Å². The van der Waals surface area contributed by atoms with E-state index in [4.69, 9.17) is 10.5 Å². The van der Waals surface area contributed by atoms with E-state index in [1.54, 1.807) is 6.08 Å². The van der Waals surface area contributed by atoms with Crippen molar-refractivity contribution in [3.05, 3.63) is 76.9 Å². The number of ether oxygens (including phenoxy) is 1. The third kappa shape index (κ3) is 3.98. The van der Waals surface area contributed by atoms with Crippen molar-refractivity contribution in [3.8, 4) is 0 Å². The Bertz CT molecular complexity index is 1090. The summed E-state index contributed by atoms with van der Waals surface area (Å²) in [6.45, 7) is 1.69. The van der Waals surface area contributed by atoms with Crippen LogP contribution in [0.3, 0.4) is 0 Å². The number of nitrogens with zero attached hydrogens (tertiary/aromatic N) is 3. The lowest BCUT2D eigenvalue weighted by Crippen LogP contribution is -2.46. The molecule has 0 saturated carbocycles. The quantitative estimate of drug-likeness (QED) is 0.743. The van der Waals surface area contributed by atoms with E-state index in [-0.39, 0.29) is 17.9 Å². The molecule has 2 aromatic rings. The zero-order valence-electron chi connectivity index (χ0n) is 17.3. The number of fused-ring (bicyclic) bond motifs is 1. The highest BCUT2D eigenvalue weighted by atomic mass is 19.4.